The number of aryl methyl sites for hydroxylation is 1. The molecule has 178 valence electrons. The summed E-state index contributed by atoms with van der Waals surface area (Å²) in [5.41, 5.74) is 5.66. The third-order valence-corrected chi connectivity index (χ3v) is 5.92. The number of nitrogens with zero attached hydrogens (tertiary/aromatic N) is 4. The third kappa shape index (κ3) is 7.21. The molecule has 0 aliphatic rings. The normalized spacial score (nSPS) is 11.9. The van der Waals surface area contributed by atoms with Crippen LogP contribution in [0.25, 0.3) is 0 Å². The minimum absolute atomic E-state index is 0.223. The van der Waals surface area contributed by atoms with E-state index in [0.29, 0.717) is 24.9 Å². The van der Waals surface area contributed by atoms with Crippen LogP contribution < -0.4 is 15.5 Å². The average molecular weight is 479 g/mol. The molecule has 0 fully saturated rings. The molecule has 9 heteroatoms. The Balaban J connectivity index is 1.57. The first-order valence-corrected chi connectivity index (χ1v) is 11.9. The number of benzene rings is 2. The van der Waals surface area contributed by atoms with Crippen LogP contribution in [0.2, 0.25) is 0 Å². The Hall–Kier alpha value is -3.59. The molecule has 0 bridgehead atoms. The minimum Gasteiger partial charge on any atom is -0.494 e. The lowest BCUT2D eigenvalue weighted by Gasteiger charge is -2.12. The van der Waals surface area contributed by atoms with Gasteiger partial charge in [0.2, 0.25) is 0 Å². The second-order valence-electron chi connectivity index (χ2n) is 7.51. The second-order valence-corrected chi connectivity index (χ2v) is 8.82. The Labute approximate surface area is 204 Å². The van der Waals surface area contributed by atoms with Crippen LogP contribution in [-0.2, 0) is 17.9 Å². The van der Waals surface area contributed by atoms with Crippen molar-refractivity contribution < 1.29 is 9.53 Å². The van der Waals surface area contributed by atoms with E-state index in [1.54, 1.807) is 12.3 Å². The topological polar surface area (TPSA) is 93.4 Å². The van der Waals surface area contributed by atoms with E-state index in [1.165, 1.54) is 17.3 Å². The van der Waals surface area contributed by atoms with Gasteiger partial charge in [-0.25, -0.2) is 5.43 Å². The maximum atomic E-state index is 12.5. The summed E-state index contributed by atoms with van der Waals surface area (Å²) in [5, 5.41) is 16.3. The average Bonchev–Trinajstić information content (AvgIpc) is 3.21. The largest absolute Gasteiger partial charge is 0.494 e. The number of amides is 1. The molecule has 8 nitrogen and oxygen atoms in total. The van der Waals surface area contributed by atoms with Crippen LogP contribution in [0.5, 0.6) is 5.75 Å². The van der Waals surface area contributed by atoms with Gasteiger partial charge in [0.25, 0.3) is 5.91 Å². The van der Waals surface area contributed by atoms with Crippen molar-refractivity contribution >= 4 is 29.6 Å². The number of aromatic nitrogens is 3. The van der Waals surface area contributed by atoms with Crippen molar-refractivity contribution in [3.05, 3.63) is 78.1 Å². The van der Waals surface area contributed by atoms with E-state index in [2.05, 4.69) is 51.7 Å². The number of hydrogen-bond donors (Lipinski definition) is 2. The molecule has 0 aliphatic carbocycles. The predicted octanol–water partition coefficient (Wildman–Crippen LogP) is 4.41. The number of ether oxygens (including phenoxy) is 1. The number of carbonyl (C=O) groups excluding carboxylic acids is 1. The van der Waals surface area contributed by atoms with Gasteiger partial charge in [-0.1, -0.05) is 35.5 Å². The van der Waals surface area contributed by atoms with E-state index in [1.807, 2.05) is 54.8 Å². The standard InChI is InChI=1S/C25H30N6O2S/c1-5-15-31-23(17-26-21-11-7-18(3)8-12-21)28-30-25(31)34-19(4)24(32)29-27-16-20-9-13-22(14-10-20)33-6-2/h5,7-14,16,19,26H,1,6,15,17H2,2-4H3,(H,29,32)/t19-/m1/s1. The summed E-state index contributed by atoms with van der Waals surface area (Å²) >= 11 is 1.33. The van der Waals surface area contributed by atoms with Crippen molar-refractivity contribution in [1.82, 2.24) is 20.2 Å². The van der Waals surface area contributed by atoms with Crippen molar-refractivity contribution in [3.8, 4) is 5.75 Å². The number of nitrogens with one attached hydrogen (secondary N) is 2. The zero-order chi connectivity index (χ0) is 24.3. The lowest BCUT2D eigenvalue weighted by Crippen LogP contribution is -2.27. The highest BCUT2D eigenvalue weighted by Crippen LogP contribution is 2.23. The molecule has 3 aromatic rings. The molecule has 34 heavy (non-hydrogen) atoms. The summed E-state index contributed by atoms with van der Waals surface area (Å²) in [6.07, 6.45) is 3.38. The molecule has 2 N–H and O–H groups in total. The summed E-state index contributed by atoms with van der Waals surface area (Å²) in [6.45, 7) is 11.3. The van der Waals surface area contributed by atoms with Crippen molar-refractivity contribution in [2.45, 2.75) is 44.3 Å². The van der Waals surface area contributed by atoms with Gasteiger partial charge in [0.05, 0.1) is 24.6 Å². The van der Waals surface area contributed by atoms with Gasteiger partial charge in [-0.3, -0.25) is 4.79 Å². The molecule has 0 saturated heterocycles. The van der Waals surface area contributed by atoms with Crippen LogP contribution in [0.4, 0.5) is 5.69 Å². The van der Waals surface area contributed by atoms with Gasteiger partial charge in [-0.15, -0.1) is 16.8 Å². The Morgan fingerprint density at radius 1 is 1.21 bits per heavy atom. The number of rotatable bonds is 12. The van der Waals surface area contributed by atoms with E-state index in [4.69, 9.17) is 4.74 Å². The Bertz CT molecular complexity index is 1110. The minimum atomic E-state index is -0.414. The highest BCUT2D eigenvalue weighted by Gasteiger charge is 2.19. The summed E-state index contributed by atoms with van der Waals surface area (Å²) in [5.74, 6) is 1.34. The van der Waals surface area contributed by atoms with E-state index in [9.17, 15) is 4.79 Å². The van der Waals surface area contributed by atoms with Crippen LogP contribution in [0.15, 0.2) is 71.4 Å². The van der Waals surface area contributed by atoms with Crippen molar-refractivity contribution in [2.24, 2.45) is 5.10 Å². The quantitative estimate of drug-likeness (QED) is 0.173. The van der Waals surface area contributed by atoms with Crippen molar-refractivity contribution in [3.63, 3.8) is 0 Å². The highest BCUT2D eigenvalue weighted by molar-refractivity contribution is 8.00. The van der Waals surface area contributed by atoms with Gasteiger partial charge in [0, 0.05) is 12.2 Å². The number of thioether (sulfide) groups is 1. The molecule has 1 amide bonds. The van der Waals surface area contributed by atoms with E-state index in [-0.39, 0.29) is 5.91 Å². The first kappa shape index (κ1) is 25.0. The van der Waals surface area contributed by atoms with Gasteiger partial charge in [0.1, 0.15) is 5.75 Å². The number of anilines is 1. The molecular weight excluding hydrogens is 448 g/mol. The first-order chi connectivity index (χ1) is 16.5. The molecule has 0 aliphatic heterocycles. The smallest absolute Gasteiger partial charge is 0.253 e. The summed E-state index contributed by atoms with van der Waals surface area (Å²) in [6, 6.07) is 15.6. The van der Waals surface area contributed by atoms with Crippen LogP contribution in [-0.4, -0.2) is 38.7 Å². The summed E-state index contributed by atoms with van der Waals surface area (Å²) in [4.78, 5) is 12.5. The first-order valence-electron chi connectivity index (χ1n) is 11.1. The molecule has 0 radical (unpaired) electrons. The fourth-order valence-electron chi connectivity index (χ4n) is 2.99. The lowest BCUT2D eigenvalue weighted by molar-refractivity contribution is -0.120. The SMILES string of the molecule is C=CCn1c(CNc2ccc(C)cc2)nnc1S[C@H](C)C(=O)NN=Cc1ccc(OCC)cc1. The van der Waals surface area contributed by atoms with Crippen LogP contribution >= 0.6 is 11.8 Å². The van der Waals surface area contributed by atoms with Gasteiger partial charge in [0.15, 0.2) is 11.0 Å². The molecule has 1 atom stereocenters. The molecule has 0 unspecified atom stereocenters. The van der Waals surface area contributed by atoms with Gasteiger partial charge >= 0.3 is 0 Å². The van der Waals surface area contributed by atoms with Crippen LogP contribution in [0, 0.1) is 6.92 Å². The van der Waals surface area contributed by atoms with Gasteiger partial charge in [-0.2, -0.15) is 5.10 Å². The molecule has 0 saturated carbocycles. The fourth-order valence-corrected chi connectivity index (χ4v) is 3.86. The highest BCUT2D eigenvalue weighted by atomic mass is 32.2. The third-order valence-electron chi connectivity index (χ3n) is 4.84. The number of carbonyl (C=O) groups is 1. The zero-order valence-corrected chi connectivity index (χ0v) is 20.5. The predicted molar refractivity (Wildman–Crippen MR) is 137 cm³/mol. The van der Waals surface area contributed by atoms with Gasteiger partial charge in [-0.05, 0) is 62.7 Å². The molecule has 0 spiro atoms. The van der Waals surface area contributed by atoms with Crippen molar-refractivity contribution in [2.75, 3.05) is 11.9 Å². The Kier molecular flexibility index (Phi) is 9.28. The number of hydrogen-bond acceptors (Lipinski definition) is 7. The Morgan fingerprint density at radius 2 is 1.94 bits per heavy atom. The number of hydrazone groups is 1. The molecule has 1 heterocycles. The maximum absolute atomic E-state index is 12.5. The summed E-state index contributed by atoms with van der Waals surface area (Å²) in [7, 11) is 0. The fraction of sp³-hybridized carbons (Fsp3) is 0.280. The Morgan fingerprint density at radius 3 is 2.62 bits per heavy atom. The number of allylic oxidation sites excluding steroid dienone is 1. The van der Waals surface area contributed by atoms with E-state index < -0.39 is 5.25 Å². The molecule has 3 rings (SSSR count). The monoisotopic (exact) mass is 478 g/mol. The zero-order valence-electron chi connectivity index (χ0n) is 19.7. The summed E-state index contributed by atoms with van der Waals surface area (Å²) < 4.78 is 7.37. The molecule has 1 aromatic heterocycles. The van der Waals surface area contributed by atoms with E-state index >= 15 is 0 Å². The van der Waals surface area contributed by atoms with E-state index in [0.717, 1.165) is 22.8 Å². The maximum Gasteiger partial charge on any atom is 0.253 e. The van der Waals surface area contributed by atoms with Crippen LogP contribution in [0.3, 0.4) is 0 Å². The van der Waals surface area contributed by atoms with Gasteiger partial charge < -0.3 is 14.6 Å². The molecule has 2 aromatic carbocycles. The molecular formula is C25H30N6O2S. The second kappa shape index (κ2) is 12.6. The lowest BCUT2D eigenvalue weighted by atomic mass is 10.2. The van der Waals surface area contributed by atoms with Crippen LogP contribution in [0.1, 0.15) is 30.8 Å². The van der Waals surface area contributed by atoms with Crippen molar-refractivity contribution in [1.29, 1.82) is 0 Å².